The average molecular weight is 229 g/mol. The predicted molar refractivity (Wildman–Crippen MR) is 55.2 cm³/mol. The second-order valence-corrected chi connectivity index (χ2v) is 3.76. The van der Waals surface area contributed by atoms with Crippen LogP contribution in [0.15, 0.2) is 12.1 Å². The van der Waals surface area contributed by atoms with Crippen molar-refractivity contribution in [2.45, 2.75) is 18.9 Å². The molecule has 1 atom stereocenters. The van der Waals surface area contributed by atoms with E-state index in [0.29, 0.717) is 6.61 Å². The number of nitrogen functional groups attached to an aromatic ring is 1. The third-order valence-corrected chi connectivity index (χ3v) is 2.46. The van der Waals surface area contributed by atoms with Gasteiger partial charge in [-0.05, 0) is 12.8 Å². The van der Waals surface area contributed by atoms with E-state index in [1.165, 1.54) is 0 Å². The molecule has 1 saturated heterocycles. The molecule has 5 heteroatoms. The highest BCUT2D eigenvalue weighted by Crippen LogP contribution is 2.25. The van der Waals surface area contributed by atoms with Gasteiger partial charge in [-0.2, -0.15) is 0 Å². The van der Waals surface area contributed by atoms with Crippen LogP contribution in [0.3, 0.4) is 0 Å². The molecule has 2 rings (SSSR count). The number of hydrogen-bond acceptors (Lipinski definition) is 3. The van der Waals surface area contributed by atoms with E-state index in [9.17, 15) is 8.78 Å². The number of halogens is 2. The molecule has 0 amide bonds. The minimum absolute atomic E-state index is 0.0412. The molecule has 0 spiro atoms. The highest BCUT2D eigenvalue weighted by Gasteiger charge is 2.18. The Kier molecular flexibility index (Phi) is 3.24. The summed E-state index contributed by atoms with van der Waals surface area (Å²) in [7, 11) is 0. The van der Waals surface area contributed by atoms with E-state index < -0.39 is 11.6 Å². The van der Waals surface area contributed by atoms with Gasteiger partial charge in [-0.1, -0.05) is 0 Å². The van der Waals surface area contributed by atoms with Crippen LogP contribution in [-0.4, -0.2) is 19.3 Å². The molecule has 1 aliphatic rings. The molecule has 0 saturated carbocycles. The second kappa shape index (κ2) is 4.65. The monoisotopic (exact) mass is 229 g/mol. The summed E-state index contributed by atoms with van der Waals surface area (Å²) in [5, 5.41) is 0. The summed E-state index contributed by atoms with van der Waals surface area (Å²) in [6.45, 7) is 0.846. The molecule has 0 bridgehead atoms. The van der Waals surface area contributed by atoms with Gasteiger partial charge in [0.15, 0.2) is 17.4 Å². The Labute approximate surface area is 92.1 Å². The molecule has 1 aromatic rings. The van der Waals surface area contributed by atoms with Gasteiger partial charge in [-0.3, -0.25) is 0 Å². The fraction of sp³-hybridized carbons (Fsp3) is 0.455. The maximum atomic E-state index is 13.3. The van der Waals surface area contributed by atoms with Gasteiger partial charge < -0.3 is 15.2 Å². The Balaban J connectivity index is 2.03. The highest BCUT2D eigenvalue weighted by molar-refractivity contribution is 5.44. The molecular formula is C11H13F2NO2. The van der Waals surface area contributed by atoms with Gasteiger partial charge in [0.05, 0.1) is 6.10 Å². The maximum absolute atomic E-state index is 13.3. The van der Waals surface area contributed by atoms with Crippen molar-refractivity contribution in [3.05, 3.63) is 23.8 Å². The topological polar surface area (TPSA) is 44.5 Å². The Bertz CT molecular complexity index is 355. The van der Waals surface area contributed by atoms with Crippen molar-refractivity contribution < 1.29 is 18.3 Å². The van der Waals surface area contributed by atoms with E-state index in [4.69, 9.17) is 15.2 Å². The van der Waals surface area contributed by atoms with E-state index in [-0.39, 0.29) is 24.1 Å². The minimum atomic E-state index is -0.782. The lowest BCUT2D eigenvalue weighted by atomic mass is 10.2. The van der Waals surface area contributed by atoms with Crippen molar-refractivity contribution >= 4 is 5.69 Å². The zero-order valence-electron chi connectivity index (χ0n) is 8.71. The summed E-state index contributed by atoms with van der Waals surface area (Å²) in [5.41, 5.74) is 5.33. The lowest BCUT2D eigenvalue weighted by Gasteiger charge is -2.12. The van der Waals surface area contributed by atoms with E-state index in [0.717, 1.165) is 25.0 Å². The third kappa shape index (κ3) is 2.41. The van der Waals surface area contributed by atoms with Crippen molar-refractivity contribution in [2.24, 2.45) is 0 Å². The van der Waals surface area contributed by atoms with Gasteiger partial charge >= 0.3 is 0 Å². The second-order valence-electron chi connectivity index (χ2n) is 3.76. The number of anilines is 1. The first-order valence-electron chi connectivity index (χ1n) is 5.16. The Morgan fingerprint density at radius 2 is 2.06 bits per heavy atom. The van der Waals surface area contributed by atoms with Crippen LogP contribution < -0.4 is 10.5 Å². The summed E-state index contributed by atoms with van der Waals surface area (Å²) in [6.07, 6.45) is 1.75. The van der Waals surface area contributed by atoms with Gasteiger partial charge in [0, 0.05) is 24.4 Å². The third-order valence-electron chi connectivity index (χ3n) is 2.46. The fourth-order valence-corrected chi connectivity index (χ4v) is 1.67. The summed E-state index contributed by atoms with van der Waals surface area (Å²) < 4.78 is 37.0. The predicted octanol–water partition coefficient (Wildman–Crippen LogP) is 2.10. The van der Waals surface area contributed by atoms with Crippen LogP contribution in [0.2, 0.25) is 0 Å². The summed E-state index contributed by atoms with van der Waals surface area (Å²) >= 11 is 0. The van der Waals surface area contributed by atoms with Gasteiger partial charge in [-0.25, -0.2) is 8.78 Å². The van der Waals surface area contributed by atoms with Gasteiger partial charge in [-0.15, -0.1) is 0 Å². The normalized spacial score (nSPS) is 20.0. The van der Waals surface area contributed by atoms with E-state index in [2.05, 4.69) is 0 Å². The number of nitrogens with two attached hydrogens (primary N) is 1. The molecule has 1 aliphatic heterocycles. The average Bonchev–Trinajstić information content (AvgIpc) is 2.68. The van der Waals surface area contributed by atoms with Crippen molar-refractivity contribution in [3.8, 4) is 5.75 Å². The van der Waals surface area contributed by atoms with Crippen LogP contribution in [-0.2, 0) is 4.74 Å². The Hall–Kier alpha value is -1.36. The SMILES string of the molecule is Nc1cc(F)c(OCC2CCCO2)c(F)c1. The summed E-state index contributed by atoms with van der Waals surface area (Å²) in [5.74, 6) is -1.95. The van der Waals surface area contributed by atoms with Crippen LogP contribution in [0.1, 0.15) is 12.8 Å². The zero-order valence-corrected chi connectivity index (χ0v) is 8.71. The minimum Gasteiger partial charge on any atom is -0.485 e. The van der Waals surface area contributed by atoms with Crippen molar-refractivity contribution in [2.75, 3.05) is 18.9 Å². The number of benzene rings is 1. The largest absolute Gasteiger partial charge is 0.485 e. The lowest BCUT2D eigenvalue weighted by Crippen LogP contribution is -2.17. The van der Waals surface area contributed by atoms with Gasteiger partial charge in [0.2, 0.25) is 0 Å². The first-order valence-corrected chi connectivity index (χ1v) is 5.16. The summed E-state index contributed by atoms with van der Waals surface area (Å²) in [4.78, 5) is 0. The molecular weight excluding hydrogens is 216 g/mol. The van der Waals surface area contributed by atoms with Crippen LogP contribution in [0.5, 0.6) is 5.75 Å². The van der Waals surface area contributed by atoms with Crippen LogP contribution in [0.25, 0.3) is 0 Å². The molecule has 1 unspecified atom stereocenters. The fourth-order valence-electron chi connectivity index (χ4n) is 1.67. The standard InChI is InChI=1S/C11H13F2NO2/c12-9-4-7(14)5-10(13)11(9)16-6-8-2-1-3-15-8/h4-5,8H,1-3,6,14H2. The number of ether oxygens (including phenoxy) is 2. The molecule has 3 nitrogen and oxygen atoms in total. The van der Waals surface area contributed by atoms with Gasteiger partial charge in [0.1, 0.15) is 6.61 Å². The lowest BCUT2D eigenvalue weighted by molar-refractivity contribution is 0.0650. The zero-order chi connectivity index (χ0) is 11.5. The first kappa shape index (κ1) is 11.1. The molecule has 1 aromatic carbocycles. The number of hydrogen-bond donors (Lipinski definition) is 1. The van der Waals surface area contributed by atoms with Gasteiger partial charge in [0.25, 0.3) is 0 Å². The molecule has 1 heterocycles. The van der Waals surface area contributed by atoms with E-state index in [1.54, 1.807) is 0 Å². The van der Waals surface area contributed by atoms with Crippen molar-refractivity contribution in [1.82, 2.24) is 0 Å². The maximum Gasteiger partial charge on any atom is 0.190 e. The molecule has 16 heavy (non-hydrogen) atoms. The van der Waals surface area contributed by atoms with Crippen molar-refractivity contribution in [1.29, 1.82) is 0 Å². The highest BCUT2D eigenvalue weighted by atomic mass is 19.1. The Morgan fingerprint density at radius 1 is 1.38 bits per heavy atom. The van der Waals surface area contributed by atoms with Crippen molar-refractivity contribution in [3.63, 3.8) is 0 Å². The molecule has 2 N–H and O–H groups in total. The molecule has 88 valence electrons. The Morgan fingerprint density at radius 3 is 2.62 bits per heavy atom. The smallest absolute Gasteiger partial charge is 0.190 e. The molecule has 0 aromatic heterocycles. The molecule has 0 aliphatic carbocycles. The van der Waals surface area contributed by atoms with Crippen LogP contribution in [0, 0.1) is 11.6 Å². The van der Waals surface area contributed by atoms with E-state index >= 15 is 0 Å². The number of rotatable bonds is 3. The van der Waals surface area contributed by atoms with Crippen LogP contribution >= 0.6 is 0 Å². The molecule has 0 radical (unpaired) electrons. The quantitative estimate of drug-likeness (QED) is 0.807. The summed E-state index contributed by atoms with van der Waals surface area (Å²) in [6, 6.07) is 2.07. The first-order chi connectivity index (χ1) is 7.66. The van der Waals surface area contributed by atoms with Crippen LogP contribution in [0.4, 0.5) is 14.5 Å². The molecule has 1 fully saturated rings. The van der Waals surface area contributed by atoms with E-state index in [1.807, 2.05) is 0 Å².